The molecule has 2 N–H and O–H groups in total. The molecule has 1 heterocycles. The van der Waals surface area contributed by atoms with E-state index in [1.54, 1.807) is 13.0 Å². The lowest BCUT2D eigenvalue weighted by Gasteiger charge is -2.14. The van der Waals surface area contributed by atoms with Crippen LogP contribution in [0.2, 0.25) is 5.02 Å². The van der Waals surface area contributed by atoms with E-state index in [0.717, 1.165) is 23.1 Å². The van der Waals surface area contributed by atoms with Crippen LogP contribution in [0.15, 0.2) is 36.4 Å². The van der Waals surface area contributed by atoms with E-state index in [0.29, 0.717) is 28.9 Å². The van der Waals surface area contributed by atoms with Gasteiger partial charge in [0.25, 0.3) is 0 Å². The number of benzene rings is 2. The van der Waals surface area contributed by atoms with Crippen LogP contribution in [0.1, 0.15) is 37.5 Å². The number of nitrogens with zero attached hydrogens (tertiary/aromatic N) is 3. The number of halogens is 1. The average Bonchev–Trinajstić information content (AvgIpc) is 2.73. The van der Waals surface area contributed by atoms with E-state index >= 15 is 0 Å². The molecule has 3 aromatic rings. The third-order valence-corrected chi connectivity index (χ3v) is 5.24. The van der Waals surface area contributed by atoms with Crippen molar-refractivity contribution in [3.05, 3.63) is 58.1 Å². The predicted molar refractivity (Wildman–Crippen MR) is 125 cm³/mol. The van der Waals surface area contributed by atoms with Crippen LogP contribution < -0.4 is 5.32 Å². The fourth-order valence-electron chi connectivity index (χ4n) is 3.40. The first-order valence-corrected chi connectivity index (χ1v) is 10.9. The lowest BCUT2D eigenvalue weighted by atomic mass is 10.0. The topological polar surface area (TPSA) is 97.2 Å². The van der Waals surface area contributed by atoms with E-state index in [1.807, 2.05) is 37.3 Å². The number of amides is 1. The average molecular weight is 455 g/mol. The minimum atomic E-state index is -0.496. The smallest absolute Gasteiger partial charge is 0.407 e. The van der Waals surface area contributed by atoms with E-state index in [9.17, 15) is 9.90 Å². The van der Waals surface area contributed by atoms with Gasteiger partial charge in [0.05, 0.1) is 11.6 Å². The Morgan fingerprint density at radius 2 is 1.78 bits per heavy atom. The van der Waals surface area contributed by atoms with Gasteiger partial charge in [-0.1, -0.05) is 55.8 Å². The first kappa shape index (κ1) is 23.5. The number of ether oxygens (including phenoxy) is 1. The molecule has 3 rings (SSSR count). The number of rotatable bonds is 7. The molecule has 0 spiro atoms. The Morgan fingerprint density at radius 1 is 1.09 bits per heavy atom. The van der Waals surface area contributed by atoms with Crippen molar-refractivity contribution in [3.63, 3.8) is 0 Å². The SMILES string of the molecule is CCOC(=O)NCc1ccc(Cl)c(-c2nc(O)nc(-c3ccc(CC(C)C)cc3)n2)c1C. The van der Waals surface area contributed by atoms with Gasteiger partial charge in [-0.3, -0.25) is 0 Å². The maximum atomic E-state index is 11.7. The fourth-order valence-corrected chi connectivity index (χ4v) is 3.69. The van der Waals surface area contributed by atoms with Crippen molar-refractivity contribution in [2.45, 2.75) is 40.7 Å². The van der Waals surface area contributed by atoms with Crippen molar-refractivity contribution in [2.75, 3.05) is 6.61 Å². The number of alkyl carbamates (subject to hydrolysis) is 1. The number of hydrogen-bond donors (Lipinski definition) is 2. The Hall–Kier alpha value is -3.19. The van der Waals surface area contributed by atoms with Crippen LogP contribution in [-0.2, 0) is 17.7 Å². The third kappa shape index (κ3) is 5.73. The zero-order valence-corrected chi connectivity index (χ0v) is 19.4. The number of nitrogens with one attached hydrogen (secondary N) is 1. The Balaban J connectivity index is 1.95. The van der Waals surface area contributed by atoms with Crippen molar-refractivity contribution in [2.24, 2.45) is 5.92 Å². The highest BCUT2D eigenvalue weighted by atomic mass is 35.5. The highest BCUT2D eigenvalue weighted by molar-refractivity contribution is 6.33. The second-order valence-corrected chi connectivity index (χ2v) is 8.27. The molecule has 0 aliphatic carbocycles. The molecule has 0 unspecified atom stereocenters. The van der Waals surface area contributed by atoms with Crippen LogP contribution in [0.25, 0.3) is 22.8 Å². The summed E-state index contributed by atoms with van der Waals surface area (Å²) >= 11 is 6.47. The van der Waals surface area contributed by atoms with Crippen molar-refractivity contribution in [1.82, 2.24) is 20.3 Å². The molecule has 0 saturated carbocycles. The molecule has 0 radical (unpaired) electrons. The van der Waals surface area contributed by atoms with Crippen molar-refractivity contribution >= 4 is 17.7 Å². The maximum Gasteiger partial charge on any atom is 0.407 e. The summed E-state index contributed by atoms with van der Waals surface area (Å²) < 4.78 is 4.91. The van der Waals surface area contributed by atoms with Gasteiger partial charge in [-0.05, 0) is 48.9 Å². The number of aromatic hydroxyl groups is 1. The zero-order chi connectivity index (χ0) is 23.3. The first-order valence-electron chi connectivity index (χ1n) is 10.5. The summed E-state index contributed by atoms with van der Waals surface area (Å²) in [6.07, 6.45) is 0.486. The van der Waals surface area contributed by atoms with E-state index in [2.05, 4.69) is 34.1 Å². The largest absolute Gasteiger partial charge is 0.479 e. The van der Waals surface area contributed by atoms with Crippen LogP contribution in [0, 0.1) is 12.8 Å². The van der Waals surface area contributed by atoms with Crippen LogP contribution in [0.5, 0.6) is 6.01 Å². The van der Waals surface area contributed by atoms with Gasteiger partial charge in [0.15, 0.2) is 11.6 Å². The lowest BCUT2D eigenvalue weighted by molar-refractivity contribution is 0.151. The lowest BCUT2D eigenvalue weighted by Crippen LogP contribution is -2.24. The van der Waals surface area contributed by atoms with E-state index in [1.165, 1.54) is 5.56 Å². The molecule has 2 aromatic carbocycles. The number of hydrogen-bond acceptors (Lipinski definition) is 6. The molecule has 0 atom stereocenters. The van der Waals surface area contributed by atoms with Gasteiger partial charge in [0, 0.05) is 17.7 Å². The summed E-state index contributed by atoms with van der Waals surface area (Å²) in [6, 6.07) is 11.1. The summed E-state index contributed by atoms with van der Waals surface area (Å²) in [7, 11) is 0. The standard InChI is InChI=1S/C24H27ClN4O3/c1-5-32-24(31)26-13-18-10-11-19(25)20(15(18)4)22-27-21(28-23(30)29-22)17-8-6-16(7-9-17)12-14(2)3/h6-11,14H,5,12-13H2,1-4H3,(H,26,31)(H,27,28,29,30). The van der Waals surface area contributed by atoms with Gasteiger partial charge in [-0.2, -0.15) is 9.97 Å². The molecule has 168 valence electrons. The predicted octanol–water partition coefficient (Wildman–Crippen LogP) is 5.32. The Bertz CT molecular complexity index is 1100. The minimum absolute atomic E-state index is 0.260. The summed E-state index contributed by atoms with van der Waals surface area (Å²) in [6.45, 7) is 8.51. The number of aromatic nitrogens is 3. The van der Waals surface area contributed by atoms with Crippen LogP contribution in [0.4, 0.5) is 4.79 Å². The third-order valence-electron chi connectivity index (χ3n) is 4.93. The zero-order valence-electron chi connectivity index (χ0n) is 18.6. The van der Waals surface area contributed by atoms with Crippen molar-refractivity contribution in [3.8, 4) is 28.8 Å². The Kier molecular flexibility index (Phi) is 7.64. The molecule has 7 nitrogen and oxygen atoms in total. The monoisotopic (exact) mass is 454 g/mol. The molecule has 0 bridgehead atoms. The highest BCUT2D eigenvalue weighted by Crippen LogP contribution is 2.32. The van der Waals surface area contributed by atoms with Gasteiger partial charge in [-0.25, -0.2) is 9.78 Å². The molecule has 1 amide bonds. The van der Waals surface area contributed by atoms with E-state index < -0.39 is 6.09 Å². The first-order chi connectivity index (χ1) is 15.3. The van der Waals surface area contributed by atoms with E-state index in [-0.39, 0.29) is 18.4 Å². The summed E-state index contributed by atoms with van der Waals surface area (Å²) in [5.41, 5.74) is 4.19. The van der Waals surface area contributed by atoms with Gasteiger partial charge < -0.3 is 15.2 Å². The molecule has 0 aliphatic heterocycles. The summed E-state index contributed by atoms with van der Waals surface area (Å²) in [4.78, 5) is 24.4. The molecule has 0 fully saturated rings. The normalized spacial score (nSPS) is 10.9. The molecular weight excluding hydrogens is 428 g/mol. The molecule has 8 heteroatoms. The second kappa shape index (κ2) is 10.4. The fraction of sp³-hybridized carbons (Fsp3) is 0.333. The molecule has 32 heavy (non-hydrogen) atoms. The Morgan fingerprint density at radius 3 is 2.44 bits per heavy atom. The van der Waals surface area contributed by atoms with Gasteiger partial charge in [0.2, 0.25) is 0 Å². The highest BCUT2D eigenvalue weighted by Gasteiger charge is 2.17. The molecule has 0 saturated heterocycles. The number of carbonyl (C=O) groups excluding carboxylic acids is 1. The van der Waals surface area contributed by atoms with Crippen LogP contribution in [0.3, 0.4) is 0 Å². The Labute approximate surface area is 192 Å². The molecule has 0 aliphatic rings. The van der Waals surface area contributed by atoms with Crippen LogP contribution >= 0.6 is 11.6 Å². The van der Waals surface area contributed by atoms with Crippen LogP contribution in [-0.4, -0.2) is 32.8 Å². The molecular formula is C24H27ClN4O3. The second-order valence-electron chi connectivity index (χ2n) is 7.86. The minimum Gasteiger partial charge on any atom is -0.479 e. The van der Waals surface area contributed by atoms with Crippen molar-refractivity contribution < 1.29 is 14.6 Å². The van der Waals surface area contributed by atoms with E-state index in [4.69, 9.17) is 16.3 Å². The maximum absolute atomic E-state index is 11.7. The van der Waals surface area contributed by atoms with Gasteiger partial charge in [-0.15, -0.1) is 0 Å². The summed E-state index contributed by atoms with van der Waals surface area (Å²) in [5, 5.41) is 13.3. The van der Waals surface area contributed by atoms with Gasteiger partial charge in [0.1, 0.15) is 0 Å². The molecule has 1 aromatic heterocycles. The number of carbonyl (C=O) groups is 1. The van der Waals surface area contributed by atoms with Gasteiger partial charge >= 0.3 is 12.1 Å². The summed E-state index contributed by atoms with van der Waals surface area (Å²) in [5.74, 6) is 1.18. The quantitative estimate of drug-likeness (QED) is 0.501. The van der Waals surface area contributed by atoms with Crippen molar-refractivity contribution in [1.29, 1.82) is 0 Å².